The van der Waals surface area contributed by atoms with Gasteiger partial charge in [-0.3, -0.25) is 0 Å². The zero-order valence-corrected chi connectivity index (χ0v) is 13.2. The summed E-state index contributed by atoms with van der Waals surface area (Å²) in [6.45, 7) is 9.82. The smallest absolute Gasteiger partial charge is 0.122 e. The van der Waals surface area contributed by atoms with E-state index in [1.807, 2.05) is 18.2 Å². The molecule has 0 bridgehead atoms. The van der Waals surface area contributed by atoms with Crippen LogP contribution in [0.25, 0.3) is 0 Å². The maximum Gasteiger partial charge on any atom is 0.122 e. The van der Waals surface area contributed by atoms with E-state index in [1.165, 1.54) is 16.3 Å². The second-order valence-electron chi connectivity index (χ2n) is 6.00. The highest BCUT2D eigenvalue weighted by atomic mass is 28.3. The van der Waals surface area contributed by atoms with Crippen molar-refractivity contribution in [3.8, 4) is 5.75 Å². The second-order valence-corrected chi connectivity index (χ2v) is 11.1. The predicted molar refractivity (Wildman–Crippen MR) is 84.9 cm³/mol. The lowest BCUT2D eigenvalue weighted by Gasteiger charge is -2.19. The van der Waals surface area contributed by atoms with Gasteiger partial charge in [-0.05, 0) is 24.1 Å². The molecule has 0 radical (unpaired) electrons. The van der Waals surface area contributed by atoms with Crippen molar-refractivity contribution in [3.63, 3.8) is 0 Å². The molecule has 1 nitrogen and oxygen atoms in total. The monoisotopic (exact) mass is 270 g/mol. The summed E-state index contributed by atoms with van der Waals surface area (Å²) in [6, 6.07) is 17.0. The molecule has 0 aliphatic rings. The van der Waals surface area contributed by atoms with Crippen LogP contribution in [0.2, 0.25) is 19.6 Å². The first-order valence-electron chi connectivity index (χ1n) is 6.75. The number of hydrogen-bond donors (Lipinski definition) is 0. The third kappa shape index (κ3) is 3.71. The van der Waals surface area contributed by atoms with Gasteiger partial charge < -0.3 is 4.74 Å². The van der Waals surface area contributed by atoms with E-state index in [4.69, 9.17) is 4.74 Å². The highest BCUT2D eigenvalue weighted by Gasteiger charge is 2.17. The Hall–Kier alpha value is -1.54. The van der Waals surface area contributed by atoms with Crippen LogP contribution in [0, 0.1) is 6.92 Å². The molecule has 0 aliphatic heterocycles. The van der Waals surface area contributed by atoms with Crippen molar-refractivity contribution in [2.45, 2.75) is 33.2 Å². The minimum absolute atomic E-state index is 0.636. The second kappa shape index (κ2) is 5.62. The van der Waals surface area contributed by atoms with Gasteiger partial charge in [-0.15, -0.1) is 0 Å². The first kappa shape index (κ1) is 13.9. The van der Waals surface area contributed by atoms with Gasteiger partial charge in [-0.2, -0.15) is 0 Å². The van der Waals surface area contributed by atoms with Gasteiger partial charge in [0.1, 0.15) is 12.4 Å². The fourth-order valence-corrected chi connectivity index (χ4v) is 3.10. The molecule has 0 amide bonds. The molecular weight excluding hydrogens is 248 g/mol. The fraction of sp³-hybridized carbons (Fsp3) is 0.294. The van der Waals surface area contributed by atoms with Gasteiger partial charge in [0.05, 0.1) is 8.07 Å². The third-order valence-electron chi connectivity index (χ3n) is 3.29. The number of aryl methyl sites for hydroxylation is 1. The molecule has 0 fully saturated rings. The molecule has 2 rings (SSSR count). The molecule has 2 heteroatoms. The summed E-state index contributed by atoms with van der Waals surface area (Å²) in [5.74, 6) is 1.02. The molecule has 0 saturated carbocycles. The average Bonchev–Trinajstić information content (AvgIpc) is 2.37. The van der Waals surface area contributed by atoms with Crippen LogP contribution in [0.3, 0.4) is 0 Å². The van der Waals surface area contributed by atoms with Crippen LogP contribution in [0.1, 0.15) is 11.1 Å². The molecule has 0 unspecified atom stereocenters. The first-order chi connectivity index (χ1) is 8.97. The maximum absolute atomic E-state index is 5.98. The van der Waals surface area contributed by atoms with Crippen molar-refractivity contribution in [1.82, 2.24) is 0 Å². The van der Waals surface area contributed by atoms with Crippen LogP contribution in [0.15, 0.2) is 48.5 Å². The number of benzene rings is 2. The summed E-state index contributed by atoms with van der Waals surface area (Å²) >= 11 is 0. The molecule has 2 aromatic carbocycles. The minimum atomic E-state index is -1.28. The van der Waals surface area contributed by atoms with Crippen molar-refractivity contribution in [2.24, 2.45) is 0 Å². The molecule has 0 aromatic heterocycles. The van der Waals surface area contributed by atoms with Crippen LogP contribution >= 0.6 is 0 Å². The van der Waals surface area contributed by atoms with E-state index in [2.05, 4.69) is 56.9 Å². The van der Waals surface area contributed by atoms with Crippen LogP contribution < -0.4 is 9.92 Å². The van der Waals surface area contributed by atoms with E-state index in [0.29, 0.717) is 6.61 Å². The summed E-state index contributed by atoms with van der Waals surface area (Å²) < 4.78 is 5.98. The Balaban J connectivity index is 2.16. The Morgan fingerprint density at radius 3 is 2.26 bits per heavy atom. The Kier molecular flexibility index (Phi) is 4.10. The number of rotatable bonds is 4. The molecule has 19 heavy (non-hydrogen) atoms. The SMILES string of the molecule is Cc1ccc([Si](C)(C)C)cc1OCc1ccccc1. The van der Waals surface area contributed by atoms with Crippen molar-refractivity contribution >= 4 is 13.3 Å². The Bertz CT molecular complexity index is 541. The van der Waals surface area contributed by atoms with Gasteiger partial charge >= 0.3 is 0 Å². The predicted octanol–water partition coefficient (Wildman–Crippen LogP) is 4.12. The van der Waals surface area contributed by atoms with Crippen LogP contribution in [-0.2, 0) is 6.61 Å². The molecule has 100 valence electrons. The van der Waals surface area contributed by atoms with Gasteiger partial charge in [0, 0.05) is 0 Å². The summed E-state index contributed by atoms with van der Waals surface area (Å²) in [6.07, 6.45) is 0. The third-order valence-corrected chi connectivity index (χ3v) is 5.33. The minimum Gasteiger partial charge on any atom is -0.489 e. The van der Waals surface area contributed by atoms with Gasteiger partial charge in [0.25, 0.3) is 0 Å². The molecule has 0 saturated heterocycles. The lowest BCUT2D eigenvalue weighted by atomic mass is 10.2. The molecule has 2 aromatic rings. The zero-order chi connectivity index (χ0) is 13.9. The number of ether oxygens (including phenoxy) is 1. The van der Waals surface area contributed by atoms with Gasteiger partial charge in [0.2, 0.25) is 0 Å². The quantitative estimate of drug-likeness (QED) is 0.759. The maximum atomic E-state index is 5.98. The molecule has 0 N–H and O–H groups in total. The van der Waals surface area contributed by atoms with E-state index in [1.54, 1.807) is 0 Å². The van der Waals surface area contributed by atoms with Crippen molar-refractivity contribution < 1.29 is 4.74 Å². The van der Waals surface area contributed by atoms with Crippen LogP contribution in [-0.4, -0.2) is 8.07 Å². The lowest BCUT2D eigenvalue weighted by molar-refractivity contribution is 0.304. The van der Waals surface area contributed by atoms with Crippen molar-refractivity contribution in [3.05, 3.63) is 59.7 Å². The summed E-state index contributed by atoms with van der Waals surface area (Å²) in [4.78, 5) is 0. The summed E-state index contributed by atoms with van der Waals surface area (Å²) in [7, 11) is -1.28. The van der Waals surface area contributed by atoms with Gasteiger partial charge in [-0.1, -0.05) is 67.3 Å². The van der Waals surface area contributed by atoms with Crippen LogP contribution in [0.4, 0.5) is 0 Å². The van der Waals surface area contributed by atoms with Crippen LogP contribution in [0.5, 0.6) is 5.75 Å². The zero-order valence-electron chi connectivity index (χ0n) is 12.2. The normalized spacial score (nSPS) is 11.4. The standard InChI is InChI=1S/C17H22OSi/c1-14-10-11-16(19(2,3)4)12-17(14)18-13-15-8-6-5-7-9-15/h5-12H,13H2,1-4H3. The van der Waals surface area contributed by atoms with Crippen molar-refractivity contribution in [2.75, 3.05) is 0 Å². The Labute approximate surface area is 117 Å². The molecular formula is C17H22OSi. The summed E-state index contributed by atoms with van der Waals surface area (Å²) in [5.41, 5.74) is 2.42. The molecule has 0 spiro atoms. The number of hydrogen-bond acceptors (Lipinski definition) is 1. The van der Waals surface area contributed by atoms with Gasteiger partial charge in [-0.25, -0.2) is 0 Å². The van der Waals surface area contributed by atoms with E-state index < -0.39 is 8.07 Å². The molecule has 0 heterocycles. The average molecular weight is 270 g/mol. The van der Waals surface area contributed by atoms with Gasteiger partial charge in [0.15, 0.2) is 0 Å². The van der Waals surface area contributed by atoms with E-state index in [9.17, 15) is 0 Å². The van der Waals surface area contributed by atoms with E-state index in [0.717, 1.165) is 5.75 Å². The molecule has 0 atom stereocenters. The molecule has 0 aliphatic carbocycles. The van der Waals surface area contributed by atoms with E-state index >= 15 is 0 Å². The van der Waals surface area contributed by atoms with Crippen molar-refractivity contribution in [1.29, 1.82) is 0 Å². The van der Waals surface area contributed by atoms with E-state index in [-0.39, 0.29) is 0 Å². The fourth-order valence-electron chi connectivity index (χ4n) is 1.96. The Morgan fingerprint density at radius 1 is 0.947 bits per heavy atom. The topological polar surface area (TPSA) is 9.23 Å². The Morgan fingerprint density at radius 2 is 1.63 bits per heavy atom. The first-order valence-corrected chi connectivity index (χ1v) is 10.2. The highest BCUT2D eigenvalue weighted by molar-refractivity contribution is 6.88. The lowest BCUT2D eigenvalue weighted by Crippen LogP contribution is -2.37. The highest BCUT2D eigenvalue weighted by Crippen LogP contribution is 2.19. The largest absolute Gasteiger partial charge is 0.489 e. The summed E-state index contributed by atoms with van der Waals surface area (Å²) in [5, 5.41) is 1.45.